The molecule has 0 saturated heterocycles. The van der Waals surface area contributed by atoms with Gasteiger partial charge in [-0.05, 0) is 37.0 Å². The van der Waals surface area contributed by atoms with Gasteiger partial charge in [-0.15, -0.1) is 0 Å². The van der Waals surface area contributed by atoms with Gasteiger partial charge in [0, 0.05) is 16.6 Å². The molecular weight excluding hydrogens is 314 g/mol. The second-order valence-corrected chi connectivity index (χ2v) is 6.62. The third-order valence-electron chi connectivity index (χ3n) is 3.51. The van der Waals surface area contributed by atoms with Gasteiger partial charge in [-0.1, -0.05) is 61.5 Å². The van der Waals surface area contributed by atoms with Crippen LogP contribution in [0, 0.1) is 12.8 Å². The number of carbonyl (C=O) groups is 1. The molecule has 0 radical (unpaired) electrons. The van der Waals surface area contributed by atoms with Gasteiger partial charge in [0.15, 0.2) is 0 Å². The van der Waals surface area contributed by atoms with Crippen LogP contribution in [-0.2, 0) is 0 Å². The van der Waals surface area contributed by atoms with Gasteiger partial charge < -0.3 is 5.32 Å². The van der Waals surface area contributed by atoms with Gasteiger partial charge in [0.25, 0.3) is 5.91 Å². The van der Waals surface area contributed by atoms with Crippen molar-refractivity contribution in [3.63, 3.8) is 0 Å². The van der Waals surface area contributed by atoms with Crippen molar-refractivity contribution in [2.75, 3.05) is 6.54 Å². The Morgan fingerprint density at radius 3 is 2.60 bits per heavy atom. The molecule has 0 spiro atoms. The lowest BCUT2D eigenvalue weighted by Crippen LogP contribution is -2.25. The Balaban J connectivity index is 2.22. The molecule has 0 saturated carbocycles. The van der Waals surface area contributed by atoms with E-state index in [1.807, 2.05) is 25.1 Å². The van der Waals surface area contributed by atoms with E-state index in [2.05, 4.69) is 35.1 Å². The molecule has 0 heterocycles. The maximum Gasteiger partial charge on any atom is 0.251 e. The molecule has 0 aliphatic rings. The number of unbranched alkanes of at least 4 members (excludes halogenated alkanes) is 3. The summed E-state index contributed by atoms with van der Waals surface area (Å²) in [7, 11) is 0. The Labute approximate surface area is 131 Å². The Morgan fingerprint density at radius 2 is 1.90 bits per heavy atom. The summed E-state index contributed by atoms with van der Waals surface area (Å²) in [6.45, 7) is 7.26. The van der Waals surface area contributed by atoms with Crippen LogP contribution >= 0.6 is 15.9 Å². The third kappa shape index (κ3) is 6.08. The van der Waals surface area contributed by atoms with Gasteiger partial charge >= 0.3 is 0 Å². The van der Waals surface area contributed by atoms with Crippen LogP contribution in [0.4, 0.5) is 0 Å². The predicted molar refractivity (Wildman–Crippen MR) is 89.1 cm³/mol. The summed E-state index contributed by atoms with van der Waals surface area (Å²) in [6.07, 6.45) is 6.14. The van der Waals surface area contributed by atoms with Crippen LogP contribution < -0.4 is 5.32 Å². The Hall–Kier alpha value is -0.830. The summed E-state index contributed by atoms with van der Waals surface area (Å²) >= 11 is 3.46. The monoisotopic (exact) mass is 339 g/mol. The number of rotatable bonds is 8. The summed E-state index contributed by atoms with van der Waals surface area (Å²) in [5.74, 6) is 0.834. The molecule has 2 nitrogen and oxygen atoms in total. The fourth-order valence-corrected chi connectivity index (χ4v) is 2.55. The second kappa shape index (κ2) is 9.17. The zero-order valence-corrected chi connectivity index (χ0v) is 14.4. The summed E-state index contributed by atoms with van der Waals surface area (Å²) in [5.41, 5.74) is 1.76. The Kier molecular flexibility index (Phi) is 7.90. The molecule has 1 aromatic rings. The molecule has 0 aliphatic carbocycles. The average Bonchev–Trinajstić information content (AvgIpc) is 2.40. The Morgan fingerprint density at radius 1 is 1.20 bits per heavy atom. The SMILES string of the molecule is Cc1c(Br)cccc1C(=O)NCCCCCCC(C)C. The molecule has 1 rings (SSSR count). The van der Waals surface area contributed by atoms with Gasteiger partial charge in [-0.25, -0.2) is 0 Å². The zero-order chi connectivity index (χ0) is 15.0. The molecule has 0 aliphatic heterocycles. The first-order chi connectivity index (χ1) is 9.52. The van der Waals surface area contributed by atoms with Crippen molar-refractivity contribution < 1.29 is 4.79 Å². The van der Waals surface area contributed by atoms with E-state index in [-0.39, 0.29) is 5.91 Å². The molecule has 1 aromatic carbocycles. The first-order valence-corrected chi connectivity index (χ1v) is 8.35. The highest BCUT2D eigenvalue weighted by Crippen LogP contribution is 2.19. The fraction of sp³-hybridized carbons (Fsp3) is 0.588. The number of hydrogen-bond acceptors (Lipinski definition) is 1. The number of benzene rings is 1. The average molecular weight is 340 g/mol. The standard InChI is InChI=1S/C17H26BrNO/c1-13(2)9-6-4-5-7-12-19-17(20)15-10-8-11-16(18)14(15)3/h8,10-11,13H,4-7,9,12H2,1-3H3,(H,19,20). The van der Waals surface area contributed by atoms with Crippen LogP contribution in [-0.4, -0.2) is 12.5 Å². The minimum Gasteiger partial charge on any atom is -0.352 e. The van der Waals surface area contributed by atoms with E-state index >= 15 is 0 Å². The summed E-state index contributed by atoms with van der Waals surface area (Å²) in [5, 5.41) is 3.01. The highest BCUT2D eigenvalue weighted by atomic mass is 79.9. The molecule has 1 amide bonds. The number of amides is 1. The lowest BCUT2D eigenvalue weighted by molar-refractivity contribution is 0.0952. The summed E-state index contributed by atoms with van der Waals surface area (Å²) in [6, 6.07) is 5.73. The van der Waals surface area contributed by atoms with E-state index in [9.17, 15) is 4.79 Å². The number of carbonyl (C=O) groups excluding carboxylic acids is 1. The van der Waals surface area contributed by atoms with E-state index in [1.54, 1.807) is 0 Å². The lowest BCUT2D eigenvalue weighted by atomic mass is 10.0. The molecule has 20 heavy (non-hydrogen) atoms. The maximum atomic E-state index is 12.1. The number of halogens is 1. The largest absolute Gasteiger partial charge is 0.352 e. The van der Waals surface area contributed by atoms with Crippen LogP contribution in [0.3, 0.4) is 0 Å². The predicted octanol–water partition coefficient (Wildman–Crippen LogP) is 5.09. The van der Waals surface area contributed by atoms with Crippen molar-refractivity contribution in [3.05, 3.63) is 33.8 Å². The molecular formula is C17H26BrNO. The molecule has 0 bridgehead atoms. The van der Waals surface area contributed by atoms with Crippen molar-refractivity contribution >= 4 is 21.8 Å². The van der Waals surface area contributed by atoms with E-state index in [1.165, 1.54) is 25.7 Å². The van der Waals surface area contributed by atoms with Gasteiger partial charge in [0.2, 0.25) is 0 Å². The first-order valence-electron chi connectivity index (χ1n) is 7.55. The van der Waals surface area contributed by atoms with Crippen LogP contribution in [0.5, 0.6) is 0 Å². The molecule has 0 atom stereocenters. The number of hydrogen-bond donors (Lipinski definition) is 1. The normalized spacial score (nSPS) is 10.8. The molecule has 0 fully saturated rings. The van der Waals surface area contributed by atoms with E-state index in [0.29, 0.717) is 0 Å². The van der Waals surface area contributed by atoms with Gasteiger partial charge in [-0.2, -0.15) is 0 Å². The third-order valence-corrected chi connectivity index (χ3v) is 4.37. The Bertz CT molecular complexity index is 429. The van der Waals surface area contributed by atoms with E-state index in [0.717, 1.165) is 34.5 Å². The van der Waals surface area contributed by atoms with E-state index in [4.69, 9.17) is 0 Å². The van der Waals surface area contributed by atoms with Crippen LogP contribution in [0.2, 0.25) is 0 Å². The van der Waals surface area contributed by atoms with Gasteiger partial charge in [-0.3, -0.25) is 4.79 Å². The van der Waals surface area contributed by atoms with Gasteiger partial charge in [0.1, 0.15) is 0 Å². The maximum absolute atomic E-state index is 12.1. The molecule has 1 N–H and O–H groups in total. The van der Waals surface area contributed by atoms with Crippen molar-refractivity contribution in [3.8, 4) is 0 Å². The smallest absolute Gasteiger partial charge is 0.251 e. The van der Waals surface area contributed by atoms with Crippen molar-refractivity contribution in [1.29, 1.82) is 0 Å². The molecule has 0 unspecified atom stereocenters. The fourth-order valence-electron chi connectivity index (χ4n) is 2.18. The first kappa shape index (κ1) is 17.2. The second-order valence-electron chi connectivity index (χ2n) is 5.77. The minimum atomic E-state index is 0.0333. The van der Waals surface area contributed by atoms with Crippen molar-refractivity contribution in [1.82, 2.24) is 5.32 Å². The molecule has 0 aromatic heterocycles. The van der Waals surface area contributed by atoms with E-state index < -0.39 is 0 Å². The highest BCUT2D eigenvalue weighted by molar-refractivity contribution is 9.10. The topological polar surface area (TPSA) is 29.1 Å². The summed E-state index contributed by atoms with van der Waals surface area (Å²) < 4.78 is 0.985. The van der Waals surface area contributed by atoms with Crippen molar-refractivity contribution in [2.45, 2.75) is 52.9 Å². The van der Waals surface area contributed by atoms with Crippen LogP contribution in [0.15, 0.2) is 22.7 Å². The molecule has 112 valence electrons. The van der Waals surface area contributed by atoms with Crippen LogP contribution in [0.1, 0.15) is 61.9 Å². The van der Waals surface area contributed by atoms with Crippen molar-refractivity contribution in [2.24, 2.45) is 5.92 Å². The minimum absolute atomic E-state index is 0.0333. The van der Waals surface area contributed by atoms with Gasteiger partial charge in [0.05, 0.1) is 0 Å². The molecule has 3 heteroatoms. The summed E-state index contributed by atoms with van der Waals surface area (Å²) in [4.78, 5) is 12.1. The lowest BCUT2D eigenvalue weighted by Gasteiger charge is -2.09. The highest BCUT2D eigenvalue weighted by Gasteiger charge is 2.09. The number of nitrogens with one attached hydrogen (secondary N) is 1. The van der Waals surface area contributed by atoms with Crippen LogP contribution in [0.25, 0.3) is 0 Å². The zero-order valence-electron chi connectivity index (χ0n) is 12.8. The quantitative estimate of drug-likeness (QED) is 0.656.